The van der Waals surface area contributed by atoms with Crippen molar-refractivity contribution in [2.75, 3.05) is 18.0 Å². The average Bonchev–Trinajstić information content (AvgIpc) is 2.80. The summed E-state index contributed by atoms with van der Waals surface area (Å²) in [7, 11) is 0. The Labute approximate surface area is 113 Å². The Bertz CT molecular complexity index is 608. The highest BCUT2D eigenvalue weighted by Crippen LogP contribution is 2.25. The summed E-state index contributed by atoms with van der Waals surface area (Å²) in [6.07, 6.45) is 0.888. The summed E-state index contributed by atoms with van der Waals surface area (Å²) in [5.74, 6) is 0.192. The molecular weight excluding hydrogens is 236 g/mol. The third-order valence-electron chi connectivity index (χ3n) is 3.70. The fourth-order valence-corrected chi connectivity index (χ4v) is 2.72. The summed E-state index contributed by atoms with van der Waals surface area (Å²) in [6.45, 7) is 3.67. The largest absolute Gasteiger partial charge is 0.311 e. The number of hydrogen-bond acceptors (Lipinski definition) is 2. The zero-order valence-corrected chi connectivity index (χ0v) is 11.1. The van der Waals surface area contributed by atoms with Gasteiger partial charge < -0.3 is 10.2 Å². The number of carbonyl (C=O) groups excluding carboxylic acids is 1. The zero-order valence-electron chi connectivity index (χ0n) is 11.1. The summed E-state index contributed by atoms with van der Waals surface area (Å²) >= 11 is 0. The van der Waals surface area contributed by atoms with Gasteiger partial charge in [-0.2, -0.15) is 0 Å². The first-order valence-electron chi connectivity index (χ1n) is 6.83. The molecule has 0 saturated carbocycles. The van der Waals surface area contributed by atoms with Crippen molar-refractivity contribution in [3.05, 3.63) is 42.5 Å². The van der Waals surface area contributed by atoms with E-state index >= 15 is 0 Å². The van der Waals surface area contributed by atoms with Gasteiger partial charge in [0.25, 0.3) is 0 Å². The van der Waals surface area contributed by atoms with E-state index in [9.17, 15) is 4.79 Å². The van der Waals surface area contributed by atoms with Gasteiger partial charge in [0.1, 0.15) is 0 Å². The van der Waals surface area contributed by atoms with Crippen molar-refractivity contribution >= 4 is 22.4 Å². The second-order valence-electron chi connectivity index (χ2n) is 4.92. The van der Waals surface area contributed by atoms with Gasteiger partial charge in [-0.25, -0.2) is 0 Å². The van der Waals surface area contributed by atoms with E-state index in [1.165, 1.54) is 10.8 Å². The fourth-order valence-electron chi connectivity index (χ4n) is 2.72. The van der Waals surface area contributed by atoms with Gasteiger partial charge in [0.15, 0.2) is 0 Å². The second kappa shape index (κ2) is 5.02. The summed E-state index contributed by atoms with van der Waals surface area (Å²) < 4.78 is 0. The monoisotopic (exact) mass is 254 g/mol. The summed E-state index contributed by atoms with van der Waals surface area (Å²) in [5, 5.41) is 5.63. The molecule has 1 heterocycles. The van der Waals surface area contributed by atoms with Crippen LogP contribution in [0.5, 0.6) is 0 Å². The van der Waals surface area contributed by atoms with Gasteiger partial charge in [-0.1, -0.05) is 37.3 Å². The van der Waals surface area contributed by atoms with E-state index in [1.54, 1.807) is 0 Å². The lowest BCUT2D eigenvalue weighted by Gasteiger charge is -2.17. The number of nitrogens with one attached hydrogen (secondary N) is 1. The third-order valence-corrected chi connectivity index (χ3v) is 3.70. The van der Waals surface area contributed by atoms with Crippen LogP contribution < -0.4 is 10.2 Å². The van der Waals surface area contributed by atoms with Gasteiger partial charge in [-0.15, -0.1) is 0 Å². The molecule has 3 rings (SSSR count). The molecule has 3 nitrogen and oxygen atoms in total. The fraction of sp³-hybridized carbons (Fsp3) is 0.312. The van der Waals surface area contributed by atoms with Gasteiger partial charge in [-0.05, 0) is 35.9 Å². The van der Waals surface area contributed by atoms with Gasteiger partial charge in [0.2, 0.25) is 5.91 Å². The molecule has 19 heavy (non-hydrogen) atoms. The minimum atomic E-state index is -0.0172. The molecule has 1 atom stereocenters. The molecule has 2 aromatic carbocycles. The molecule has 1 unspecified atom stereocenters. The summed E-state index contributed by atoms with van der Waals surface area (Å²) in [5.41, 5.74) is 1.00. The molecule has 1 fully saturated rings. The topological polar surface area (TPSA) is 32.3 Å². The number of carbonyl (C=O) groups is 1. The minimum absolute atomic E-state index is 0.0172. The maximum atomic E-state index is 12.3. The predicted octanol–water partition coefficient (Wildman–Crippen LogP) is 2.55. The van der Waals surface area contributed by atoms with Crippen molar-refractivity contribution in [1.82, 2.24) is 5.32 Å². The first kappa shape index (κ1) is 12.2. The summed E-state index contributed by atoms with van der Waals surface area (Å²) in [6, 6.07) is 14.4. The number of amides is 1. The highest BCUT2D eigenvalue weighted by molar-refractivity contribution is 6.01. The van der Waals surface area contributed by atoms with Crippen LogP contribution in [0.4, 0.5) is 5.69 Å². The molecule has 1 N–H and O–H groups in total. The van der Waals surface area contributed by atoms with Gasteiger partial charge in [0.05, 0.1) is 6.04 Å². The Kier molecular flexibility index (Phi) is 3.22. The molecule has 0 spiro atoms. The quantitative estimate of drug-likeness (QED) is 0.913. The Morgan fingerprint density at radius 2 is 2.00 bits per heavy atom. The Morgan fingerprint density at radius 3 is 2.79 bits per heavy atom. The van der Waals surface area contributed by atoms with E-state index in [2.05, 4.69) is 29.6 Å². The van der Waals surface area contributed by atoms with Gasteiger partial charge in [-0.3, -0.25) is 4.79 Å². The van der Waals surface area contributed by atoms with Gasteiger partial charge in [0, 0.05) is 12.2 Å². The predicted molar refractivity (Wildman–Crippen MR) is 78.4 cm³/mol. The normalized spacial score (nSPS) is 19.3. The van der Waals surface area contributed by atoms with Crippen molar-refractivity contribution in [2.24, 2.45) is 0 Å². The molecule has 0 aliphatic carbocycles. The second-order valence-corrected chi connectivity index (χ2v) is 4.92. The number of nitrogens with zero attached hydrogens (tertiary/aromatic N) is 1. The number of likely N-dealkylation sites (N-methyl/N-ethyl adjacent to an activating group) is 1. The smallest absolute Gasteiger partial charge is 0.244 e. The van der Waals surface area contributed by atoms with E-state index < -0.39 is 0 Å². The molecule has 3 heteroatoms. The molecule has 2 aromatic rings. The van der Waals surface area contributed by atoms with Crippen LogP contribution in [0.2, 0.25) is 0 Å². The maximum absolute atomic E-state index is 12.3. The number of hydrogen-bond donors (Lipinski definition) is 1. The van der Waals surface area contributed by atoms with Crippen molar-refractivity contribution in [1.29, 1.82) is 0 Å². The molecule has 0 radical (unpaired) electrons. The van der Waals surface area contributed by atoms with Crippen LogP contribution in [0, 0.1) is 0 Å². The van der Waals surface area contributed by atoms with Crippen LogP contribution in [0.15, 0.2) is 42.5 Å². The molecule has 0 aromatic heterocycles. The highest BCUT2D eigenvalue weighted by Gasteiger charge is 2.31. The van der Waals surface area contributed by atoms with Crippen LogP contribution in [-0.4, -0.2) is 25.0 Å². The average molecular weight is 254 g/mol. The number of rotatable bonds is 3. The van der Waals surface area contributed by atoms with E-state index in [1.807, 2.05) is 30.0 Å². The van der Waals surface area contributed by atoms with Crippen molar-refractivity contribution in [3.63, 3.8) is 0 Å². The van der Waals surface area contributed by atoms with E-state index in [0.717, 1.165) is 25.2 Å². The maximum Gasteiger partial charge on any atom is 0.244 e. The number of benzene rings is 2. The van der Waals surface area contributed by atoms with Crippen LogP contribution in [0.3, 0.4) is 0 Å². The minimum Gasteiger partial charge on any atom is -0.311 e. The Morgan fingerprint density at radius 1 is 1.21 bits per heavy atom. The van der Waals surface area contributed by atoms with Crippen molar-refractivity contribution in [2.45, 2.75) is 19.4 Å². The molecule has 1 saturated heterocycles. The number of anilines is 1. The van der Waals surface area contributed by atoms with E-state index in [4.69, 9.17) is 0 Å². The first-order valence-corrected chi connectivity index (χ1v) is 6.83. The van der Waals surface area contributed by atoms with E-state index in [-0.39, 0.29) is 11.9 Å². The molecule has 98 valence electrons. The van der Waals surface area contributed by atoms with Crippen LogP contribution in [-0.2, 0) is 4.79 Å². The van der Waals surface area contributed by atoms with Crippen LogP contribution in [0.1, 0.15) is 13.3 Å². The number of fused-ring (bicyclic) bond motifs is 1. The SMILES string of the molecule is CCNC1CCN(c2ccc3ccccc3c2)C1=O. The third kappa shape index (κ3) is 2.22. The van der Waals surface area contributed by atoms with Crippen LogP contribution in [0.25, 0.3) is 10.8 Å². The highest BCUT2D eigenvalue weighted by atomic mass is 16.2. The zero-order chi connectivity index (χ0) is 13.2. The van der Waals surface area contributed by atoms with Crippen LogP contribution >= 0.6 is 0 Å². The first-order chi connectivity index (χ1) is 9.29. The lowest BCUT2D eigenvalue weighted by molar-refractivity contribution is -0.118. The van der Waals surface area contributed by atoms with Gasteiger partial charge >= 0.3 is 0 Å². The summed E-state index contributed by atoms with van der Waals surface area (Å²) in [4.78, 5) is 14.2. The molecule has 1 amide bonds. The van der Waals surface area contributed by atoms with Crippen molar-refractivity contribution < 1.29 is 4.79 Å². The van der Waals surface area contributed by atoms with E-state index in [0.29, 0.717) is 0 Å². The Balaban J connectivity index is 1.90. The molecule has 1 aliphatic rings. The van der Waals surface area contributed by atoms with Crippen molar-refractivity contribution in [3.8, 4) is 0 Å². The standard InChI is InChI=1S/C16H18N2O/c1-2-17-15-9-10-18(16(15)19)14-8-7-12-5-3-4-6-13(12)11-14/h3-8,11,15,17H,2,9-10H2,1H3. The Hall–Kier alpha value is -1.87. The molecule has 0 bridgehead atoms. The lowest BCUT2D eigenvalue weighted by Crippen LogP contribution is -2.38. The lowest BCUT2D eigenvalue weighted by atomic mass is 10.1. The molecule has 1 aliphatic heterocycles. The molecular formula is C16H18N2O.